The predicted octanol–water partition coefficient (Wildman–Crippen LogP) is 4.23. The fraction of sp³-hybridized carbons (Fsp3) is 0.318. The quantitative estimate of drug-likeness (QED) is 0.693. The van der Waals surface area contributed by atoms with Crippen molar-refractivity contribution in [1.29, 1.82) is 0 Å². The number of ether oxygens (including phenoxy) is 1. The number of aromatic nitrogens is 1. The minimum Gasteiger partial charge on any atom is -0.381 e. The third kappa shape index (κ3) is 3.60. The summed E-state index contributed by atoms with van der Waals surface area (Å²) < 4.78 is 5.52. The number of amides is 1. The molecule has 4 rings (SSSR count). The normalized spacial score (nSPS) is 16.3. The van der Waals surface area contributed by atoms with Crippen LogP contribution in [0.3, 0.4) is 0 Å². The third-order valence-corrected chi connectivity index (χ3v) is 5.75. The van der Waals surface area contributed by atoms with E-state index in [0.717, 1.165) is 33.5 Å². The molecule has 0 saturated carbocycles. The number of hydrogen-bond acceptors (Lipinski definition) is 2. The van der Waals surface area contributed by atoms with E-state index in [4.69, 9.17) is 16.3 Å². The topological polar surface area (TPSA) is 54.1 Å². The van der Waals surface area contributed by atoms with Gasteiger partial charge in [-0.05, 0) is 48.6 Å². The van der Waals surface area contributed by atoms with Gasteiger partial charge < -0.3 is 15.0 Å². The van der Waals surface area contributed by atoms with Crippen molar-refractivity contribution in [3.05, 3.63) is 70.9 Å². The van der Waals surface area contributed by atoms with Crippen LogP contribution >= 0.6 is 11.6 Å². The summed E-state index contributed by atoms with van der Waals surface area (Å²) in [6.07, 6.45) is 4.18. The molecular weight excluding hydrogens is 360 g/mol. The van der Waals surface area contributed by atoms with E-state index in [0.29, 0.717) is 32.6 Å². The van der Waals surface area contributed by atoms with Gasteiger partial charge in [-0.3, -0.25) is 4.79 Å². The molecule has 140 valence electrons. The lowest BCUT2D eigenvalue weighted by Gasteiger charge is -2.36. The molecule has 3 aromatic rings. The van der Waals surface area contributed by atoms with Crippen LogP contribution in [0.15, 0.2) is 54.7 Å². The number of hydrogen-bond donors (Lipinski definition) is 2. The minimum atomic E-state index is -0.497. The molecule has 1 aliphatic heterocycles. The van der Waals surface area contributed by atoms with Crippen LogP contribution < -0.4 is 5.32 Å². The molecule has 0 aliphatic carbocycles. The van der Waals surface area contributed by atoms with Gasteiger partial charge in [0.25, 0.3) is 0 Å². The minimum absolute atomic E-state index is 0.0925. The Labute approximate surface area is 163 Å². The SMILES string of the molecule is O=C(NCCc1c[nH]c2ccc(Cl)cc12)C1(c2ccccc2)CCOCC1. The molecule has 2 heterocycles. The van der Waals surface area contributed by atoms with E-state index in [1.54, 1.807) is 0 Å². The standard InChI is InChI=1S/C22H23ClN2O2/c23-18-6-7-20-19(14-18)16(15-25-20)8-11-24-21(26)22(9-12-27-13-10-22)17-4-2-1-3-5-17/h1-7,14-15,25H,8-13H2,(H,24,26). The molecule has 27 heavy (non-hydrogen) atoms. The van der Waals surface area contributed by atoms with Crippen LogP contribution in [-0.2, 0) is 21.4 Å². The number of fused-ring (bicyclic) bond motifs is 1. The molecule has 1 saturated heterocycles. The summed E-state index contributed by atoms with van der Waals surface area (Å²) in [7, 11) is 0. The molecular formula is C22H23ClN2O2. The van der Waals surface area contributed by atoms with Crippen LogP contribution in [-0.4, -0.2) is 30.6 Å². The average molecular weight is 383 g/mol. The van der Waals surface area contributed by atoms with Crippen LogP contribution in [0, 0.1) is 0 Å². The van der Waals surface area contributed by atoms with Gasteiger partial charge in [0.05, 0.1) is 5.41 Å². The molecule has 1 aliphatic rings. The monoisotopic (exact) mass is 382 g/mol. The first-order valence-corrected chi connectivity index (χ1v) is 9.74. The van der Waals surface area contributed by atoms with Crippen molar-refractivity contribution in [3.63, 3.8) is 0 Å². The molecule has 5 heteroatoms. The third-order valence-electron chi connectivity index (χ3n) is 5.52. The summed E-state index contributed by atoms with van der Waals surface area (Å²) in [5.41, 5.74) is 2.80. The van der Waals surface area contributed by atoms with Gasteiger partial charge >= 0.3 is 0 Å². The second-order valence-corrected chi connectivity index (χ2v) is 7.51. The first-order valence-electron chi connectivity index (χ1n) is 9.36. The average Bonchev–Trinajstić information content (AvgIpc) is 3.11. The Bertz CT molecular complexity index is 930. The Balaban J connectivity index is 1.48. The number of carbonyl (C=O) groups is 1. The van der Waals surface area contributed by atoms with Crippen molar-refractivity contribution >= 4 is 28.4 Å². The maximum absolute atomic E-state index is 13.2. The number of aromatic amines is 1. The lowest BCUT2D eigenvalue weighted by Crippen LogP contribution is -2.48. The highest BCUT2D eigenvalue weighted by Gasteiger charge is 2.41. The summed E-state index contributed by atoms with van der Waals surface area (Å²) in [6.45, 7) is 1.82. The molecule has 0 spiro atoms. The lowest BCUT2D eigenvalue weighted by molar-refractivity contribution is -0.130. The zero-order valence-electron chi connectivity index (χ0n) is 15.1. The maximum atomic E-state index is 13.2. The molecule has 1 amide bonds. The summed E-state index contributed by atoms with van der Waals surface area (Å²) in [5.74, 6) is 0.0925. The second-order valence-electron chi connectivity index (χ2n) is 7.07. The van der Waals surface area contributed by atoms with Gasteiger partial charge in [0.2, 0.25) is 5.91 Å². The van der Waals surface area contributed by atoms with Crippen molar-refractivity contribution in [2.45, 2.75) is 24.7 Å². The van der Waals surface area contributed by atoms with Crippen LogP contribution in [0.1, 0.15) is 24.0 Å². The lowest BCUT2D eigenvalue weighted by atomic mass is 9.73. The molecule has 1 aromatic heterocycles. The van der Waals surface area contributed by atoms with Gasteiger partial charge in [0, 0.05) is 41.9 Å². The number of nitrogens with one attached hydrogen (secondary N) is 2. The molecule has 0 bridgehead atoms. The second kappa shape index (κ2) is 7.75. The summed E-state index contributed by atoms with van der Waals surface area (Å²) >= 11 is 6.12. The Kier molecular flexibility index (Phi) is 5.19. The number of benzene rings is 2. The summed E-state index contributed by atoms with van der Waals surface area (Å²) in [5, 5.41) is 5.00. The summed E-state index contributed by atoms with van der Waals surface area (Å²) in [4.78, 5) is 16.4. The van der Waals surface area contributed by atoms with Gasteiger partial charge in [-0.25, -0.2) is 0 Å². The number of halogens is 1. The molecule has 0 radical (unpaired) electrons. The van der Waals surface area contributed by atoms with Crippen molar-refractivity contribution in [2.24, 2.45) is 0 Å². The Morgan fingerprint density at radius 2 is 1.93 bits per heavy atom. The number of rotatable bonds is 5. The van der Waals surface area contributed by atoms with Gasteiger partial charge in [-0.15, -0.1) is 0 Å². The van der Waals surface area contributed by atoms with E-state index in [1.807, 2.05) is 54.7 Å². The van der Waals surface area contributed by atoms with Crippen LogP contribution in [0.4, 0.5) is 0 Å². The zero-order chi connectivity index (χ0) is 18.7. The highest BCUT2D eigenvalue weighted by molar-refractivity contribution is 6.31. The van der Waals surface area contributed by atoms with E-state index < -0.39 is 5.41 Å². The predicted molar refractivity (Wildman–Crippen MR) is 108 cm³/mol. The number of carbonyl (C=O) groups excluding carboxylic acids is 1. The highest BCUT2D eigenvalue weighted by Crippen LogP contribution is 2.35. The van der Waals surface area contributed by atoms with Crippen LogP contribution in [0.25, 0.3) is 10.9 Å². The van der Waals surface area contributed by atoms with Crippen molar-refractivity contribution < 1.29 is 9.53 Å². The van der Waals surface area contributed by atoms with E-state index in [1.165, 1.54) is 0 Å². The summed E-state index contributed by atoms with van der Waals surface area (Å²) in [6, 6.07) is 15.9. The van der Waals surface area contributed by atoms with E-state index >= 15 is 0 Å². The van der Waals surface area contributed by atoms with Crippen molar-refractivity contribution in [3.8, 4) is 0 Å². The van der Waals surface area contributed by atoms with Gasteiger partial charge in [-0.2, -0.15) is 0 Å². The Morgan fingerprint density at radius 1 is 1.15 bits per heavy atom. The molecule has 2 N–H and O–H groups in total. The molecule has 1 fully saturated rings. The van der Waals surface area contributed by atoms with E-state index in [9.17, 15) is 4.79 Å². The molecule has 0 atom stereocenters. The smallest absolute Gasteiger partial charge is 0.230 e. The number of H-pyrrole nitrogens is 1. The first kappa shape index (κ1) is 18.1. The fourth-order valence-corrected chi connectivity index (χ4v) is 4.13. The zero-order valence-corrected chi connectivity index (χ0v) is 15.9. The van der Waals surface area contributed by atoms with Crippen LogP contribution in [0.5, 0.6) is 0 Å². The van der Waals surface area contributed by atoms with Crippen LogP contribution in [0.2, 0.25) is 5.02 Å². The molecule has 4 nitrogen and oxygen atoms in total. The first-order chi connectivity index (χ1) is 13.2. The highest BCUT2D eigenvalue weighted by atomic mass is 35.5. The van der Waals surface area contributed by atoms with Crippen molar-refractivity contribution in [2.75, 3.05) is 19.8 Å². The van der Waals surface area contributed by atoms with E-state index in [-0.39, 0.29) is 5.91 Å². The molecule has 0 unspecified atom stereocenters. The maximum Gasteiger partial charge on any atom is 0.230 e. The fourth-order valence-electron chi connectivity index (χ4n) is 3.96. The van der Waals surface area contributed by atoms with Gasteiger partial charge in [0.15, 0.2) is 0 Å². The van der Waals surface area contributed by atoms with Crippen molar-refractivity contribution in [1.82, 2.24) is 10.3 Å². The van der Waals surface area contributed by atoms with Gasteiger partial charge in [0.1, 0.15) is 0 Å². The Morgan fingerprint density at radius 3 is 2.70 bits per heavy atom. The van der Waals surface area contributed by atoms with E-state index in [2.05, 4.69) is 10.3 Å². The Hall–Kier alpha value is -2.30. The van der Waals surface area contributed by atoms with Gasteiger partial charge in [-0.1, -0.05) is 41.9 Å². The molecule has 2 aromatic carbocycles. The largest absolute Gasteiger partial charge is 0.381 e.